The van der Waals surface area contributed by atoms with Crippen molar-refractivity contribution in [1.82, 2.24) is 10.3 Å². The summed E-state index contributed by atoms with van der Waals surface area (Å²) in [5, 5.41) is 3.42. The summed E-state index contributed by atoms with van der Waals surface area (Å²) in [6, 6.07) is 0.770. The fourth-order valence-electron chi connectivity index (χ4n) is 2.15. The van der Waals surface area contributed by atoms with Gasteiger partial charge in [0.1, 0.15) is 6.26 Å². The lowest BCUT2D eigenvalue weighted by Crippen LogP contribution is -2.35. The zero-order chi connectivity index (χ0) is 13.4. The Morgan fingerprint density at radius 3 is 2.72 bits per heavy atom. The molecular formula is C14H25N3O. The first-order chi connectivity index (χ1) is 8.25. The molecule has 1 N–H and O–H groups in total. The molecule has 2 rings (SSSR count). The molecule has 0 aliphatic carbocycles. The maximum Gasteiger partial charge on any atom is 0.297 e. The van der Waals surface area contributed by atoms with Crippen molar-refractivity contribution in [2.24, 2.45) is 5.41 Å². The van der Waals surface area contributed by atoms with E-state index in [9.17, 15) is 0 Å². The zero-order valence-electron chi connectivity index (χ0n) is 12.2. The highest BCUT2D eigenvalue weighted by molar-refractivity contribution is 5.30. The molecule has 2 heterocycles. The van der Waals surface area contributed by atoms with E-state index < -0.39 is 0 Å². The molecule has 0 atom stereocenters. The van der Waals surface area contributed by atoms with Crippen molar-refractivity contribution in [3.8, 4) is 0 Å². The number of hydrogen-bond donors (Lipinski definition) is 1. The zero-order valence-corrected chi connectivity index (χ0v) is 12.2. The van der Waals surface area contributed by atoms with E-state index in [2.05, 4.69) is 49.8 Å². The quantitative estimate of drug-likeness (QED) is 0.897. The lowest BCUT2D eigenvalue weighted by molar-refractivity contribution is 0.415. The number of anilines is 1. The lowest BCUT2D eigenvalue weighted by Gasteiger charge is -2.19. The van der Waals surface area contributed by atoms with Gasteiger partial charge in [-0.1, -0.05) is 13.8 Å². The van der Waals surface area contributed by atoms with E-state index in [0.717, 1.165) is 31.3 Å². The van der Waals surface area contributed by atoms with Crippen molar-refractivity contribution < 1.29 is 4.42 Å². The summed E-state index contributed by atoms with van der Waals surface area (Å²) in [6.45, 7) is 13.9. The van der Waals surface area contributed by atoms with Gasteiger partial charge in [0, 0.05) is 25.2 Å². The molecule has 1 aromatic rings. The third-order valence-electron chi connectivity index (χ3n) is 3.29. The van der Waals surface area contributed by atoms with Gasteiger partial charge in [-0.05, 0) is 32.6 Å². The maximum absolute atomic E-state index is 5.58. The second-order valence-electron chi connectivity index (χ2n) is 7.06. The molecule has 1 fully saturated rings. The fraction of sp³-hybridized carbons (Fsp3) is 0.786. The van der Waals surface area contributed by atoms with Crippen molar-refractivity contribution in [3.05, 3.63) is 12.0 Å². The molecule has 4 heteroatoms. The Hall–Kier alpha value is -1.03. The van der Waals surface area contributed by atoms with E-state index in [1.165, 1.54) is 6.42 Å². The second kappa shape index (κ2) is 4.57. The molecule has 0 radical (unpaired) electrons. The van der Waals surface area contributed by atoms with Gasteiger partial charge in [0.25, 0.3) is 6.01 Å². The lowest BCUT2D eigenvalue weighted by atomic mass is 9.93. The summed E-state index contributed by atoms with van der Waals surface area (Å²) < 4.78 is 5.58. The van der Waals surface area contributed by atoms with Crippen LogP contribution in [0.1, 0.15) is 46.7 Å². The van der Waals surface area contributed by atoms with Crippen LogP contribution in [0.15, 0.2) is 10.7 Å². The molecule has 1 aromatic heterocycles. The highest BCUT2D eigenvalue weighted by Crippen LogP contribution is 2.31. The molecule has 0 aromatic carbocycles. The Labute approximate surface area is 110 Å². The van der Waals surface area contributed by atoms with Crippen molar-refractivity contribution >= 4 is 6.01 Å². The van der Waals surface area contributed by atoms with Gasteiger partial charge in [0.05, 0.1) is 5.69 Å². The number of rotatable bonds is 3. The van der Waals surface area contributed by atoms with Crippen LogP contribution >= 0.6 is 0 Å². The van der Waals surface area contributed by atoms with Crippen LogP contribution in [-0.4, -0.2) is 23.6 Å². The van der Waals surface area contributed by atoms with Crippen LogP contribution in [0.4, 0.5) is 6.01 Å². The average Bonchev–Trinajstić information content (AvgIpc) is 2.80. The molecule has 18 heavy (non-hydrogen) atoms. The van der Waals surface area contributed by atoms with Gasteiger partial charge in [-0.3, -0.25) is 0 Å². The monoisotopic (exact) mass is 251 g/mol. The van der Waals surface area contributed by atoms with Gasteiger partial charge in [0.15, 0.2) is 0 Å². The van der Waals surface area contributed by atoms with Gasteiger partial charge in [-0.15, -0.1) is 0 Å². The van der Waals surface area contributed by atoms with Crippen LogP contribution in [-0.2, 0) is 6.54 Å². The predicted octanol–water partition coefficient (Wildman–Crippen LogP) is 2.80. The van der Waals surface area contributed by atoms with Gasteiger partial charge in [-0.2, -0.15) is 4.98 Å². The molecule has 1 aliphatic rings. The van der Waals surface area contributed by atoms with Crippen molar-refractivity contribution in [3.63, 3.8) is 0 Å². The van der Waals surface area contributed by atoms with Crippen LogP contribution in [0, 0.1) is 5.41 Å². The number of nitrogens with one attached hydrogen (secondary N) is 1. The van der Waals surface area contributed by atoms with E-state index in [-0.39, 0.29) is 5.54 Å². The molecule has 0 unspecified atom stereocenters. The van der Waals surface area contributed by atoms with E-state index in [4.69, 9.17) is 4.42 Å². The summed E-state index contributed by atoms with van der Waals surface area (Å²) in [4.78, 5) is 6.79. The summed E-state index contributed by atoms with van der Waals surface area (Å²) >= 11 is 0. The van der Waals surface area contributed by atoms with E-state index in [1.807, 2.05) is 0 Å². The highest BCUT2D eigenvalue weighted by Gasteiger charge is 2.31. The minimum atomic E-state index is 0.106. The van der Waals surface area contributed by atoms with Gasteiger partial charge < -0.3 is 14.6 Å². The Kier molecular flexibility index (Phi) is 3.41. The maximum atomic E-state index is 5.58. The van der Waals surface area contributed by atoms with Crippen LogP contribution in [0.2, 0.25) is 0 Å². The van der Waals surface area contributed by atoms with E-state index in [0.29, 0.717) is 5.41 Å². The second-order valence-corrected chi connectivity index (χ2v) is 7.06. The largest absolute Gasteiger partial charge is 0.432 e. The fourth-order valence-corrected chi connectivity index (χ4v) is 2.15. The van der Waals surface area contributed by atoms with Gasteiger partial charge in [0.2, 0.25) is 0 Å². The van der Waals surface area contributed by atoms with Crippen LogP contribution in [0.3, 0.4) is 0 Å². The molecule has 1 saturated heterocycles. The Morgan fingerprint density at radius 1 is 1.44 bits per heavy atom. The van der Waals surface area contributed by atoms with Crippen LogP contribution in [0.5, 0.6) is 0 Å². The summed E-state index contributed by atoms with van der Waals surface area (Å²) in [5.41, 5.74) is 1.46. The molecule has 102 valence electrons. The highest BCUT2D eigenvalue weighted by atomic mass is 16.4. The number of hydrogen-bond acceptors (Lipinski definition) is 4. The molecule has 4 nitrogen and oxygen atoms in total. The SMILES string of the molecule is CC1(C)CCN(c2nc(CNC(C)(C)C)co2)C1. The normalized spacial score (nSPS) is 19.5. The Balaban J connectivity index is 1.95. The first kappa shape index (κ1) is 13.4. The molecule has 0 spiro atoms. The number of aromatic nitrogens is 1. The average molecular weight is 251 g/mol. The number of nitrogens with zero attached hydrogens (tertiary/aromatic N) is 2. The molecule has 1 aliphatic heterocycles. The van der Waals surface area contributed by atoms with Crippen LogP contribution < -0.4 is 10.2 Å². The molecule has 0 amide bonds. The first-order valence-electron chi connectivity index (χ1n) is 6.70. The molecule has 0 bridgehead atoms. The standard InChI is InChI=1S/C14H25N3O/c1-13(2,3)15-8-11-9-18-12(16-11)17-7-6-14(4,5)10-17/h9,15H,6-8,10H2,1-5H3. The summed E-state index contributed by atoms with van der Waals surface area (Å²) in [7, 11) is 0. The van der Waals surface area contributed by atoms with Gasteiger partial charge >= 0.3 is 0 Å². The Bertz CT molecular complexity index is 403. The van der Waals surface area contributed by atoms with Crippen LogP contribution in [0.25, 0.3) is 0 Å². The minimum Gasteiger partial charge on any atom is -0.432 e. The third kappa shape index (κ3) is 3.48. The number of oxazole rings is 1. The van der Waals surface area contributed by atoms with Crippen molar-refractivity contribution in [2.45, 2.75) is 53.1 Å². The summed E-state index contributed by atoms with van der Waals surface area (Å²) in [6.07, 6.45) is 2.96. The van der Waals surface area contributed by atoms with E-state index in [1.54, 1.807) is 6.26 Å². The first-order valence-corrected chi connectivity index (χ1v) is 6.70. The van der Waals surface area contributed by atoms with Gasteiger partial charge in [-0.25, -0.2) is 0 Å². The third-order valence-corrected chi connectivity index (χ3v) is 3.29. The molecule has 0 saturated carbocycles. The smallest absolute Gasteiger partial charge is 0.297 e. The van der Waals surface area contributed by atoms with E-state index >= 15 is 0 Å². The Morgan fingerprint density at radius 2 is 2.17 bits per heavy atom. The van der Waals surface area contributed by atoms with Crippen molar-refractivity contribution in [2.75, 3.05) is 18.0 Å². The summed E-state index contributed by atoms with van der Waals surface area (Å²) in [5.74, 6) is 0. The minimum absolute atomic E-state index is 0.106. The van der Waals surface area contributed by atoms with Crippen molar-refractivity contribution in [1.29, 1.82) is 0 Å². The predicted molar refractivity (Wildman–Crippen MR) is 73.7 cm³/mol. The topological polar surface area (TPSA) is 41.3 Å². The molecular weight excluding hydrogens is 226 g/mol.